The molecule has 25 heavy (non-hydrogen) atoms. The lowest BCUT2D eigenvalue weighted by Gasteiger charge is -2.16. The van der Waals surface area contributed by atoms with Crippen molar-refractivity contribution < 1.29 is 13.2 Å². The van der Waals surface area contributed by atoms with Gasteiger partial charge in [0.25, 0.3) is 0 Å². The highest BCUT2D eigenvalue weighted by Crippen LogP contribution is 2.27. The van der Waals surface area contributed by atoms with Crippen molar-refractivity contribution in [2.75, 3.05) is 11.9 Å². The van der Waals surface area contributed by atoms with Gasteiger partial charge in [-0.15, -0.1) is 0 Å². The number of halogens is 4. The number of benzene rings is 2. The lowest BCUT2D eigenvalue weighted by Crippen LogP contribution is -2.27. The number of anilines is 1. The Balaban J connectivity index is 2.27. The first kappa shape index (κ1) is 17.3. The number of rotatable bonds is 3. The molecule has 0 aliphatic carbocycles. The monoisotopic (exact) mass is 367 g/mol. The van der Waals surface area contributed by atoms with Crippen LogP contribution in [0.15, 0.2) is 47.3 Å². The SMILES string of the molecule is Cc1ccc2c(NCC(F)(F)F)nc(=O)n(-c3ccccc3Cl)c2c1. The minimum atomic E-state index is -4.42. The molecule has 130 valence electrons. The summed E-state index contributed by atoms with van der Waals surface area (Å²) in [5.74, 6) is -0.111. The molecule has 0 aliphatic heterocycles. The number of hydrogen-bond donors (Lipinski definition) is 1. The van der Waals surface area contributed by atoms with E-state index in [9.17, 15) is 18.0 Å². The van der Waals surface area contributed by atoms with E-state index in [1.54, 1.807) is 42.5 Å². The number of nitrogens with one attached hydrogen (secondary N) is 1. The van der Waals surface area contributed by atoms with Crippen molar-refractivity contribution in [2.24, 2.45) is 0 Å². The molecule has 1 aromatic heterocycles. The number of para-hydroxylation sites is 1. The zero-order valence-corrected chi connectivity index (χ0v) is 13.8. The number of hydrogen-bond acceptors (Lipinski definition) is 3. The van der Waals surface area contributed by atoms with Crippen LogP contribution in [0, 0.1) is 6.92 Å². The van der Waals surface area contributed by atoms with E-state index in [0.717, 1.165) is 5.56 Å². The lowest BCUT2D eigenvalue weighted by atomic mass is 10.1. The van der Waals surface area contributed by atoms with E-state index in [4.69, 9.17) is 11.6 Å². The first-order chi connectivity index (χ1) is 11.8. The number of aromatic nitrogens is 2. The molecule has 0 amide bonds. The second-order valence-electron chi connectivity index (χ2n) is 5.52. The lowest BCUT2D eigenvalue weighted by molar-refractivity contribution is -0.115. The van der Waals surface area contributed by atoms with Crippen LogP contribution in [0.5, 0.6) is 0 Å². The van der Waals surface area contributed by atoms with Crippen molar-refractivity contribution in [1.82, 2.24) is 9.55 Å². The van der Waals surface area contributed by atoms with E-state index in [2.05, 4.69) is 10.3 Å². The largest absolute Gasteiger partial charge is 0.405 e. The van der Waals surface area contributed by atoms with E-state index in [-0.39, 0.29) is 5.82 Å². The molecule has 0 atom stereocenters. The Morgan fingerprint density at radius 1 is 1.20 bits per heavy atom. The van der Waals surface area contributed by atoms with Gasteiger partial charge < -0.3 is 5.32 Å². The van der Waals surface area contributed by atoms with Crippen LogP contribution in [-0.4, -0.2) is 22.3 Å². The van der Waals surface area contributed by atoms with Gasteiger partial charge in [0.15, 0.2) is 0 Å². The quantitative estimate of drug-likeness (QED) is 0.750. The molecule has 0 saturated heterocycles. The van der Waals surface area contributed by atoms with E-state index in [1.165, 1.54) is 4.57 Å². The number of aryl methyl sites for hydroxylation is 1. The van der Waals surface area contributed by atoms with Gasteiger partial charge in [-0.2, -0.15) is 18.2 Å². The van der Waals surface area contributed by atoms with Crippen LogP contribution in [0.1, 0.15) is 5.56 Å². The molecule has 3 aromatic rings. The number of nitrogens with zero attached hydrogens (tertiary/aromatic N) is 2. The molecule has 8 heteroatoms. The fraction of sp³-hybridized carbons (Fsp3) is 0.176. The first-order valence-corrected chi connectivity index (χ1v) is 7.73. The van der Waals surface area contributed by atoms with Gasteiger partial charge in [-0.1, -0.05) is 29.8 Å². The molecule has 0 spiro atoms. The maximum absolute atomic E-state index is 12.5. The van der Waals surface area contributed by atoms with E-state index < -0.39 is 18.4 Å². The molecule has 0 saturated carbocycles. The van der Waals surface area contributed by atoms with Gasteiger partial charge in [-0.05, 0) is 36.8 Å². The summed E-state index contributed by atoms with van der Waals surface area (Å²) in [5, 5.41) is 2.93. The smallest absolute Gasteiger partial charge is 0.360 e. The molecule has 1 heterocycles. The van der Waals surface area contributed by atoms with Gasteiger partial charge in [0.1, 0.15) is 12.4 Å². The molecule has 0 aliphatic rings. The molecule has 0 radical (unpaired) electrons. The predicted molar refractivity (Wildman–Crippen MR) is 91.6 cm³/mol. The Kier molecular flexibility index (Phi) is 4.43. The molecule has 0 bridgehead atoms. The second-order valence-corrected chi connectivity index (χ2v) is 5.93. The maximum atomic E-state index is 12.5. The van der Waals surface area contributed by atoms with Gasteiger partial charge >= 0.3 is 11.9 Å². The summed E-state index contributed by atoms with van der Waals surface area (Å²) in [5.41, 5.74) is 0.981. The molecule has 3 rings (SSSR count). The van der Waals surface area contributed by atoms with E-state index >= 15 is 0 Å². The average Bonchev–Trinajstić information content (AvgIpc) is 2.53. The van der Waals surface area contributed by atoms with Crippen molar-refractivity contribution >= 4 is 28.3 Å². The summed E-state index contributed by atoms with van der Waals surface area (Å²) in [6.07, 6.45) is -4.42. The van der Waals surface area contributed by atoms with Gasteiger partial charge in [-0.3, -0.25) is 4.57 Å². The fourth-order valence-electron chi connectivity index (χ4n) is 2.52. The van der Waals surface area contributed by atoms with Crippen LogP contribution in [-0.2, 0) is 0 Å². The van der Waals surface area contributed by atoms with Crippen LogP contribution in [0.4, 0.5) is 19.0 Å². The zero-order chi connectivity index (χ0) is 18.2. The molecule has 0 fully saturated rings. The van der Waals surface area contributed by atoms with E-state index in [1.807, 2.05) is 6.92 Å². The number of fused-ring (bicyclic) bond motifs is 1. The third kappa shape index (κ3) is 3.61. The Labute approximate surface area is 145 Å². The number of alkyl halides is 3. The van der Waals surface area contributed by atoms with Crippen LogP contribution < -0.4 is 11.0 Å². The van der Waals surface area contributed by atoms with Crippen LogP contribution in [0.2, 0.25) is 5.02 Å². The fourth-order valence-corrected chi connectivity index (χ4v) is 2.74. The zero-order valence-electron chi connectivity index (χ0n) is 13.1. The van der Waals surface area contributed by atoms with Crippen molar-refractivity contribution in [1.29, 1.82) is 0 Å². The summed E-state index contributed by atoms with van der Waals surface area (Å²) in [4.78, 5) is 16.3. The van der Waals surface area contributed by atoms with Crippen molar-refractivity contribution in [2.45, 2.75) is 13.1 Å². The Bertz CT molecular complexity index is 999. The Morgan fingerprint density at radius 3 is 2.60 bits per heavy atom. The molecule has 2 aromatic carbocycles. The summed E-state index contributed by atoms with van der Waals surface area (Å²) < 4.78 is 38.8. The molecular weight excluding hydrogens is 355 g/mol. The Hall–Kier alpha value is -2.54. The first-order valence-electron chi connectivity index (χ1n) is 7.35. The Morgan fingerprint density at radius 2 is 1.92 bits per heavy atom. The van der Waals surface area contributed by atoms with Crippen LogP contribution >= 0.6 is 11.6 Å². The summed E-state index contributed by atoms with van der Waals surface area (Å²) >= 11 is 6.18. The topological polar surface area (TPSA) is 46.9 Å². The minimum absolute atomic E-state index is 0.111. The molecular formula is C17H13ClF3N3O. The minimum Gasteiger partial charge on any atom is -0.360 e. The van der Waals surface area contributed by atoms with Crippen LogP contribution in [0.25, 0.3) is 16.6 Å². The van der Waals surface area contributed by atoms with Crippen LogP contribution in [0.3, 0.4) is 0 Å². The molecule has 1 N–H and O–H groups in total. The highest BCUT2D eigenvalue weighted by molar-refractivity contribution is 6.32. The highest BCUT2D eigenvalue weighted by atomic mass is 35.5. The summed E-state index contributed by atoms with van der Waals surface area (Å²) in [7, 11) is 0. The standard InChI is InChI=1S/C17H13ClF3N3O/c1-10-6-7-11-14(8-10)24(13-5-3-2-4-12(13)18)16(25)23-15(11)22-9-17(19,20)21/h2-8H,9H2,1H3,(H,22,23,25). The van der Waals surface area contributed by atoms with Gasteiger partial charge in [-0.25, -0.2) is 4.79 Å². The van der Waals surface area contributed by atoms with Gasteiger partial charge in [0.2, 0.25) is 0 Å². The van der Waals surface area contributed by atoms with E-state index in [0.29, 0.717) is 21.6 Å². The molecule has 0 unspecified atom stereocenters. The maximum Gasteiger partial charge on any atom is 0.405 e. The third-order valence-corrected chi connectivity index (χ3v) is 3.92. The summed E-state index contributed by atoms with van der Waals surface area (Å²) in [6.45, 7) is 0.544. The van der Waals surface area contributed by atoms with Gasteiger partial charge in [0, 0.05) is 5.39 Å². The predicted octanol–water partition coefficient (Wildman–Crippen LogP) is 4.32. The van der Waals surface area contributed by atoms with Crippen molar-refractivity contribution in [3.63, 3.8) is 0 Å². The third-order valence-electron chi connectivity index (χ3n) is 3.60. The summed E-state index contributed by atoms with van der Waals surface area (Å²) in [6, 6.07) is 11.8. The van der Waals surface area contributed by atoms with Crippen molar-refractivity contribution in [3.05, 3.63) is 63.5 Å². The average molecular weight is 368 g/mol. The van der Waals surface area contributed by atoms with Crippen molar-refractivity contribution in [3.8, 4) is 5.69 Å². The van der Waals surface area contributed by atoms with Gasteiger partial charge in [0.05, 0.1) is 16.2 Å². The second kappa shape index (κ2) is 6.40. The molecule has 4 nitrogen and oxygen atoms in total. The normalized spacial score (nSPS) is 11.7. The highest BCUT2D eigenvalue weighted by Gasteiger charge is 2.27.